The van der Waals surface area contributed by atoms with Gasteiger partial charge in [-0.1, -0.05) is 12.1 Å². The molecule has 5 heteroatoms. The number of hydrogen-bond donors (Lipinski definition) is 2. The Kier molecular flexibility index (Phi) is 3.92. The van der Waals surface area contributed by atoms with Gasteiger partial charge in [-0.05, 0) is 37.0 Å². The lowest BCUT2D eigenvalue weighted by molar-refractivity contribution is -0.129. The second kappa shape index (κ2) is 5.85. The molecule has 5 nitrogen and oxygen atoms in total. The van der Waals surface area contributed by atoms with E-state index in [1.54, 1.807) is 4.90 Å². The number of likely N-dealkylation sites (tertiary alicyclic amines) is 1. The second-order valence-electron chi connectivity index (χ2n) is 5.92. The van der Waals surface area contributed by atoms with E-state index in [1.807, 2.05) is 24.3 Å². The van der Waals surface area contributed by atoms with Crippen molar-refractivity contribution in [3.8, 4) is 0 Å². The van der Waals surface area contributed by atoms with Crippen LogP contribution in [0.5, 0.6) is 0 Å². The van der Waals surface area contributed by atoms with Crippen LogP contribution in [0.1, 0.15) is 24.8 Å². The summed E-state index contributed by atoms with van der Waals surface area (Å²) in [4.78, 5) is 25.4. The lowest BCUT2D eigenvalue weighted by atomic mass is 10.1. The van der Waals surface area contributed by atoms with Crippen molar-refractivity contribution in [1.29, 1.82) is 0 Å². The Morgan fingerprint density at radius 3 is 2.48 bits per heavy atom. The van der Waals surface area contributed by atoms with Crippen LogP contribution in [0.2, 0.25) is 0 Å². The van der Waals surface area contributed by atoms with Gasteiger partial charge >= 0.3 is 0 Å². The molecule has 1 saturated carbocycles. The maximum Gasteiger partial charge on any atom is 0.227 e. The van der Waals surface area contributed by atoms with E-state index in [2.05, 4.69) is 5.32 Å². The average molecular weight is 288 g/mol. The van der Waals surface area contributed by atoms with Crippen LogP contribution < -0.4 is 5.32 Å². The van der Waals surface area contributed by atoms with Crippen molar-refractivity contribution in [1.82, 2.24) is 4.90 Å². The largest absolute Gasteiger partial charge is 0.391 e. The third-order valence-electron chi connectivity index (χ3n) is 4.04. The van der Waals surface area contributed by atoms with Crippen LogP contribution in [0.3, 0.4) is 0 Å². The van der Waals surface area contributed by atoms with Gasteiger partial charge in [0.2, 0.25) is 11.8 Å². The number of benzene rings is 1. The van der Waals surface area contributed by atoms with Crippen LogP contribution in [-0.4, -0.2) is 41.0 Å². The Bertz CT molecular complexity index is 537. The summed E-state index contributed by atoms with van der Waals surface area (Å²) in [7, 11) is 0. The first kappa shape index (κ1) is 14.1. The SMILES string of the molecule is O=C(Nc1ccc(CC(=O)N2CC[C@H](O)C2)cc1)C1CC1. The minimum Gasteiger partial charge on any atom is -0.391 e. The molecule has 1 aliphatic carbocycles. The quantitative estimate of drug-likeness (QED) is 0.874. The van der Waals surface area contributed by atoms with Crippen molar-refractivity contribution < 1.29 is 14.7 Å². The maximum absolute atomic E-state index is 12.1. The van der Waals surface area contributed by atoms with E-state index in [9.17, 15) is 14.7 Å². The summed E-state index contributed by atoms with van der Waals surface area (Å²) in [6.07, 6.45) is 2.59. The zero-order chi connectivity index (χ0) is 14.8. The van der Waals surface area contributed by atoms with E-state index in [4.69, 9.17) is 0 Å². The van der Waals surface area contributed by atoms with E-state index in [0.29, 0.717) is 25.9 Å². The molecule has 0 unspecified atom stereocenters. The molecule has 1 aromatic rings. The van der Waals surface area contributed by atoms with Crippen LogP contribution >= 0.6 is 0 Å². The fourth-order valence-corrected chi connectivity index (χ4v) is 2.55. The number of nitrogens with zero attached hydrogens (tertiary/aromatic N) is 1. The van der Waals surface area contributed by atoms with Crippen LogP contribution in [-0.2, 0) is 16.0 Å². The summed E-state index contributed by atoms with van der Waals surface area (Å²) in [5.41, 5.74) is 1.70. The highest BCUT2D eigenvalue weighted by atomic mass is 16.3. The van der Waals surface area contributed by atoms with Crippen molar-refractivity contribution in [3.05, 3.63) is 29.8 Å². The van der Waals surface area contributed by atoms with Gasteiger partial charge < -0.3 is 15.3 Å². The average Bonchev–Trinajstić information content (AvgIpc) is 3.23. The number of hydrogen-bond acceptors (Lipinski definition) is 3. The maximum atomic E-state index is 12.1. The molecule has 2 amide bonds. The first-order chi connectivity index (χ1) is 10.1. The number of rotatable bonds is 4. The topological polar surface area (TPSA) is 69.6 Å². The van der Waals surface area contributed by atoms with Gasteiger partial charge in [0.05, 0.1) is 12.5 Å². The second-order valence-corrected chi connectivity index (χ2v) is 5.92. The highest BCUT2D eigenvalue weighted by Gasteiger charge is 2.29. The number of carbonyl (C=O) groups excluding carboxylic acids is 2. The zero-order valence-electron chi connectivity index (χ0n) is 11.9. The van der Waals surface area contributed by atoms with Gasteiger partial charge in [-0.3, -0.25) is 9.59 Å². The van der Waals surface area contributed by atoms with Gasteiger partial charge in [0.15, 0.2) is 0 Å². The molecule has 0 aromatic heterocycles. The van der Waals surface area contributed by atoms with E-state index >= 15 is 0 Å². The highest BCUT2D eigenvalue weighted by molar-refractivity contribution is 5.94. The van der Waals surface area contributed by atoms with Gasteiger partial charge in [-0.15, -0.1) is 0 Å². The van der Waals surface area contributed by atoms with Crippen molar-refractivity contribution in [2.45, 2.75) is 31.8 Å². The molecular weight excluding hydrogens is 268 g/mol. The number of carbonyl (C=O) groups is 2. The molecule has 1 aliphatic heterocycles. The van der Waals surface area contributed by atoms with Crippen molar-refractivity contribution in [2.24, 2.45) is 5.92 Å². The number of aliphatic hydroxyl groups excluding tert-OH is 1. The molecule has 1 aromatic carbocycles. The van der Waals surface area contributed by atoms with E-state index in [-0.39, 0.29) is 23.8 Å². The molecule has 2 N–H and O–H groups in total. The normalized spacial score (nSPS) is 21.4. The third kappa shape index (κ3) is 3.61. The Morgan fingerprint density at radius 1 is 1.19 bits per heavy atom. The summed E-state index contributed by atoms with van der Waals surface area (Å²) in [6, 6.07) is 7.41. The number of nitrogens with one attached hydrogen (secondary N) is 1. The molecule has 0 radical (unpaired) electrons. The van der Waals surface area contributed by atoms with E-state index in [1.165, 1.54) is 0 Å². The molecule has 21 heavy (non-hydrogen) atoms. The molecule has 1 atom stereocenters. The number of aliphatic hydroxyl groups is 1. The molecule has 2 fully saturated rings. The van der Waals surface area contributed by atoms with E-state index < -0.39 is 0 Å². The van der Waals surface area contributed by atoms with Gasteiger partial charge in [-0.2, -0.15) is 0 Å². The van der Waals surface area contributed by atoms with Gasteiger partial charge in [0, 0.05) is 24.7 Å². The summed E-state index contributed by atoms with van der Waals surface area (Å²) < 4.78 is 0. The van der Waals surface area contributed by atoms with Crippen molar-refractivity contribution in [2.75, 3.05) is 18.4 Å². The number of β-amino-alcohol motifs (C(OH)–C–C–N with tert-alkyl or cyclic N) is 1. The molecular formula is C16H20N2O3. The summed E-state index contributed by atoms with van der Waals surface area (Å²) in [6.45, 7) is 1.07. The number of anilines is 1. The lowest BCUT2D eigenvalue weighted by Crippen LogP contribution is -2.30. The predicted octanol–water partition coefficient (Wildman–Crippen LogP) is 1.17. The fraction of sp³-hybridized carbons (Fsp3) is 0.500. The minimum absolute atomic E-state index is 0.0429. The first-order valence-electron chi connectivity index (χ1n) is 7.47. The Labute approximate surface area is 123 Å². The first-order valence-corrected chi connectivity index (χ1v) is 7.47. The monoisotopic (exact) mass is 288 g/mol. The zero-order valence-corrected chi connectivity index (χ0v) is 11.9. The fourth-order valence-electron chi connectivity index (χ4n) is 2.55. The van der Waals surface area contributed by atoms with Crippen LogP contribution in [0.25, 0.3) is 0 Å². The number of amides is 2. The van der Waals surface area contributed by atoms with Crippen molar-refractivity contribution in [3.63, 3.8) is 0 Å². The van der Waals surface area contributed by atoms with Gasteiger partial charge in [0.1, 0.15) is 0 Å². The molecule has 112 valence electrons. The molecule has 2 aliphatic rings. The molecule has 1 saturated heterocycles. The van der Waals surface area contributed by atoms with Gasteiger partial charge in [-0.25, -0.2) is 0 Å². The van der Waals surface area contributed by atoms with Gasteiger partial charge in [0.25, 0.3) is 0 Å². The van der Waals surface area contributed by atoms with Crippen molar-refractivity contribution >= 4 is 17.5 Å². The van der Waals surface area contributed by atoms with Crippen LogP contribution in [0.15, 0.2) is 24.3 Å². The van der Waals surface area contributed by atoms with Crippen LogP contribution in [0.4, 0.5) is 5.69 Å². The minimum atomic E-state index is -0.381. The van der Waals surface area contributed by atoms with Crippen LogP contribution in [0, 0.1) is 5.92 Å². The Morgan fingerprint density at radius 2 is 1.90 bits per heavy atom. The molecule has 1 heterocycles. The predicted molar refractivity (Wildman–Crippen MR) is 78.7 cm³/mol. The van der Waals surface area contributed by atoms with E-state index in [0.717, 1.165) is 24.1 Å². The highest BCUT2D eigenvalue weighted by Crippen LogP contribution is 2.30. The molecule has 0 spiro atoms. The third-order valence-corrected chi connectivity index (χ3v) is 4.04. The lowest BCUT2D eigenvalue weighted by Gasteiger charge is -2.15. The summed E-state index contributed by atoms with van der Waals surface area (Å²) in [5.74, 6) is 0.319. The smallest absolute Gasteiger partial charge is 0.227 e. The Balaban J connectivity index is 1.54. The summed E-state index contributed by atoms with van der Waals surface area (Å²) in [5, 5.41) is 12.3. The molecule has 0 bridgehead atoms. The summed E-state index contributed by atoms with van der Waals surface area (Å²) >= 11 is 0. The standard InChI is InChI=1S/C16H20N2O3/c19-14-7-8-18(10-14)15(20)9-11-1-5-13(6-2-11)17-16(21)12-3-4-12/h1-2,5-6,12,14,19H,3-4,7-10H2,(H,17,21)/t14-/m0/s1. The Hall–Kier alpha value is -1.88. The molecule has 3 rings (SSSR count).